The van der Waals surface area contributed by atoms with Crippen LogP contribution in [0.15, 0.2) is 0 Å². The van der Waals surface area contributed by atoms with Crippen LogP contribution in [-0.4, -0.2) is 36.1 Å². The molecule has 1 fully saturated rings. The minimum atomic E-state index is -0.740. The van der Waals surface area contributed by atoms with Gasteiger partial charge >= 0.3 is 0 Å². The number of aliphatic hydroxyl groups is 2. The molecule has 1 rings (SSSR count). The molecule has 0 spiro atoms. The average molecular weight is 300 g/mol. The van der Waals surface area contributed by atoms with Crippen molar-refractivity contribution in [3.05, 3.63) is 0 Å². The standard InChI is InChI=1S/C18H36O3/c1-17(2,3)11-14-6-7-15(10-14)18(4,5)8-9-21-13-16(20)12-19/h14-16,19-20H,6-13H2,1-5H3. The number of hydrogen-bond donors (Lipinski definition) is 2. The first-order valence-electron chi connectivity index (χ1n) is 8.51. The Kier molecular flexibility index (Phi) is 7.15. The SMILES string of the molecule is CC(C)(C)CC1CCC(C(C)(C)CCOCC(O)CO)C1. The third kappa shape index (κ3) is 7.12. The van der Waals surface area contributed by atoms with E-state index in [1.54, 1.807) is 0 Å². The van der Waals surface area contributed by atoms with Crippen LogP contribution < -0.4 is 0 Å². The lowest BCUT2D eigenvalue weighted by Gasteiger charge is -2.32. The van der Waals surface area contributed by atoms with Crippen molar-refractivity contribution in [2.45, 2.75) is 72.8 Å². The van der Waals surface area contributed by atoms with Gasteiger partial charge in [-0.15, -0.1) is 0 Å². The third-order valence-corrected chi connectivity index (χ3v) is 4.96. The quantitative estimate of drug-likeness (QED) is 0.673. The predicted octanol–water partition coefficient (Wildman–Crippen LogP) is 3.63. The fourth-order valence-corrected chi connectivity index (χ4v) is 3.65. The minimum Gasteiger partial charge on any atom is -0.394 e. The van der Waals surface area contributed by atoms with E-state index in [2.05, 4.69) is 34.6 Å². The van der Waals surface area contributed by atoms with E-state index in [1.165, 1.54) is 25.7 Å². The lowest BCUT2D eigenvalue weighted by molar-refractivity contribution is -0.00522. The molecule has 0 aromatic heterocycles. The van der Waals surface area contributed by atoms with Gasteiger partial charge in [-0.3, -0.25) is 0 Å². The summed E-state index contributed by atoms with van der Waals surface area (Å²) in [6, 6.07) is 0. The second-order valence-electron chi connectivity index (χ2n) is 8.79. The van der Waals surface area contributed by atoms with E-state index in [4.69, 9.17) is 9.84 Å². The van der Waals surface area contributed by atoms with Crippen molar-refractivity contribution in [3.8, 4) is 0 Å². The Balaban J connectivity index is 2.31. The smallest absolute Gasteiger partial charge is 0.100 e. The molecule has 0 aromatic rings. The van der Waals surface area contributed by atoms with E-state index in [9.17, 15) is 5.11 Å². The molecule has 1 aliphatic rings. The number of aliphatic hydroxyl groups excluding tert-OH is 2. The van der Waals surface area contributed by atoms with Gasteiger partial charge in [0.25, 0.3) is 0 Å². The van der Waals surface area contributed by atoms with Crippen molar-refractivity contribution >= 4 is 0 Å². The molecule has 3 atom stereocenters. The summed E-state index contributed by atoms with van der Waals surface area (Å²) in [6.07, 6.45) is 5.68. The van der Waals surface area contributed by atoms with Gasteiger partial charge in [0, 0.05) is 6.61 Å². The highest BCUT2D eigenvalue weighted by atomic mass is 16.5. The molecule has 0 aromatic carbocycles. The van der Waals surface area contributed by atoms with Gasteiger partial charge in [-0.2, -0.15) is 0 Å². The molecule has 21 heavy (non-hydrogen) atoms. The second-order valence-corrected chi connectivity index (χ2v) is 8.79. The van der Waals surface area contributed by atoms with Crippen molar-refractivity contribution in [1.82, 2.24) is 0 Å². The van der Waals surface area contributed by atoms with Crippen molar-refractivity contribution in [3.63, 3.8) is 0 Å². The highest BCUT2D eigenvalue weighted by Gasteiger charge is 2.36. The number of ether oxygens (including phenoxy) is 1. The molecule has 3 unspecified atom stereocenters. The normalized spacial score (nSPS) is 25.3. The van der Waals surface area contributed by atoms with Crippen LogP contribution in [0, 0.1) is 22.7 Å². The lowest BCUT2D eigenvalue weighted by Crippen LogP contribution is -2.26. The van der Waals surface area contributed by atoms with Crippen molar-refractivity contribution in [1.29, 1.82) is 0 Å². The molecule has 3 nitrogen and oxygen atoms in total. The van der Waals surface area contributed by atoms with E-state index in [-0.39, 0.29) is 13.2 Å². The summed E-state index contributed by atoms with van der Waals surface area (Å²) >= 11 is 0. The maximum atomic E-state index is 9.27. The summed E-state index contributed by atoms with van der Waals surface area (Å²) in [5.41, 5.74) is 0.740. The van der Waals surface area contributed by atoms with Gasteiger partial charge < -0.3 is 14.9 Å². The molecule has 2 N–H and O–H groups in total. The van der Waals surface area contributed by atoms with Gasteiger partial charge in [-0.25, -0.2) is 0 Å². The molecule has 0 heterocycles. The second kappa shape index (κ2) is 7.94. The van der Waals surface area contributed by atoms with E-state index in [0.29, 0.717) is 17.4 Å². The van der Waals surface area contributed by atoms with Crippen LogP contribution in [0.3, 0.4) is 0 Å². The van der Waals surface area contributed by atoms with E-state index < -0.39 is 6.10 Å². The van der Waals surface area contributed by atoms with Crippen LogP contribution in [0.5, 0.6) is 0 Å². The maximum Gasteiger partial charge on any atom is 0.100 e. The van der Waals surface area contributed by atoms with Gasteiger partial charge in [0.15, 0.2) is 0 Å². The molecule has 3 heteroatoms. The zero-order valence-electron chi connectivity index (χ0n) is 14.7. The molecule has 0 amide bonds. The Morgan fingerprint density at radius 2 is 1.81 bits per heavy atom. The van der Waals surface area contributed by atoms with Crippen molar-refractivity contribution < 1.29 is 14.9 Å². The highest BCUT2D eigenvalue weighted by molar-refractivity contribution is 4.87. The first kappa shape index (κ1) is 18.9. The zero-order chi connectivity index (χ0) is 16.1. The fraction of sp³-hybridized carbons (Fsp3) is 1.00. The van der Waals surface area contributed by atoms with E-state index >= 15 is 0 Å². The Morgan fingerprint density at radius 3 is 2.38 bits per heavy atom. The molecule has 0 bridgehead atoms. The average Bonchev–Trinajstić information content (AvgIpc) is 2.81. The van der Waals surface area contributed by atoms with Crippen LogP contribution in [0.2, 0.25) is 0 Å². The molecule has 1 aliphatic carbocycles. The summed E-state index contributed by atoms with van der Waals surface area (Å²) in [4.78, 5) is 0. The lowest BCUT2D eigenvalue weighted by atomic mass is 9.74. The van der Waals surface area contributed by atoms with E-state index in [1.807, 2.05) is 0 Å². The van der Waals surface area contributed by atoms with E-state index in [0.717, 1.165) is 18.3 Å². The van der Waals surface area contributed by atoms with Crippen LogP contribution in [0.4, 0.5) is 0 Å². The topological polar surface area (TPSA) is 49.7 Å². The van der Waals surface area contributed by atoms with Crippen LogP contribution >= 0.6 is 0 Å². The molecule has 0 aliphatic heterocycles. The van der Waals surface area contributed by atoms with Gasteiger partial charge in [-0.1, -0.05) is 41.0 Å². The highest BCUT2D eigenvalue weighted by Crippen LogP contribution is 2.47. The fourth-order valence-electron chi connectivity index (χ4n) is 3.65. The van der Waals surface area contributed by atoms with Gasteiger partial charge in [-0.05, 0) is 48.3 Å². The van der Waals surface area contributed by atoms with Crippen LogP contribution in [0.25, 0.3) is 0 Å². The van der Waals surface area contributed by atoms with Crippen molar-refractivity contribution in [2.24, 2.45) is 22.7 Å². The van der Waals surface area contributed by atoms with Gasteiger partial charge in [0.1, 0.15) is 6.10 Å². The zero-order valence-corrected chi connectivity index (χ0v) is 14.7. The first-order valence-corrected chi connectivity index (χ1v) is 8.51. The Labute approximate surface area is 131 Å². The summed E-state index contributed by atoms with van der Waals surface area (Å²) in [6.45, 7) is 12.4. The monoisotopic (exact) mass is 300 g/mol. The van der Waals surface area contributed by atoms with Crippen LogP contribution in [0.1, 0.15) is 66.7 Å². The van der Waals surface area contributed by atoms with Gasteiger partial charge in [0.2, 0.25) is 0 Å². The number of rotatable bonds is 8. The minimum absolute atomic E-state index is 0.222. The predicted molar refractivity (Wildman–Crippen MR) is 87.2 cm³/mol. The largest absolute Gasteiger partial charge is 0.394 e. The Hall–Kier alpha value is -0.120. The summed E-state index contributed by atoms with van der Waals surface area (Å²) in [5.74, 6) is 1.67. The molecular weight excluding hydrogens is 264 g/mol. The third-order valence-electron chi connectivity index (χ3n) is 4.96. The van der Waals surface area contributed by atoms with Crippen LogP contribution in [-0.2, 0) is 4.74 Å². The molecule has 126 valence electrons. The summed E-state index contributed by atoms with van der Waals surface area (Å²) < 4.78 is 5.48. The summed E-state index contributed by atoms with van der Waals surface area (Å²) in [5, 5.41) is 18.0. The van der Waals surface area contributed by atoms with Gasteiger partial charge in [0.05, 0.1) is 13.2 Å². The Bertz CT molecular complexity index is 293. The Morgan fingerprint density at radius 1 is 1.14 bits per heavy atom. The first-order chi connectivity index (χ1) is 9.64. The van der Waals surface area contributed by atoms with Crippen molar-refractivity contribution in [2.75, 3.05) is 19.8 Å². The molecular formula is C18H36O3. The summed E-state index contributed by atoms with van der Waals surface area (Å²) in [7, 11) is 0. The maximum absolute atomic E-state index is 9.27. The number of hydrogen-bond acceptors (Lipinski definition) is 3. The molecule has 0 saturated heterocycles. The molecule has 1 saturated carbocycles. The molecule has 0 radical (unpaired) electrons.